The minimum absolute atomic E-state index is 0.494. The maximum Gasteiger partial charge on any atom is 0.0185 e. The normalized spacial score (nSPS) is 23.2. The van der Waals surface area contributed by atoms with E-state index < -0.39 is 0 Å². The molecule has 1 saturated heterocycles. The smallest absolute Gasteiger partial charge is 0.0185 e. The van der Waals surface area contributed by atoms with Gasteiger partial charge in [0.05, 0.1) is 0 Å². The highest BCUT2D eigenvalue weighted by Gasteiger charge is 2.32. The van der Waals surface area contributed by atoms with E-state index in [1.54, 1.807) is 0 Å². The van der Waals surface area contributed by atoms with Crippen LogP contribution in [0.4, 0.5) is 0 Å². The highest BCUT2D eigenvalue weighted by molar-refractivity contribution is 5.84. The van der Waals surface area contributed by atoms with Crippen LogP contribution in [0.2, 0.25) is 0 Å². The molecule has 0 aliphatic carbocycles. The fourth-order valence-electron chi connectivity index (χ4n) is 2.42. The molecule has 0 aromatic rings. The molecule has 1 heterocycles. The quantitative estimate of drug-likeness (QED) is 0.388. The Bertz CT molecular complexity index is 223. The molecule has 1 N–H and O–H groups in total. The van der Waals surface area contributed by atoms with Gasteiger partial charge in [-0.15, -0.1) is 6.58 Å². The van der Waals surface area contributed by atoms with E-state index in [2.05, 4.69) is 25.5 Å². The van der Waals surface area contributed by atoms with E-state index in [-0.39, 0.29) is 0 Å². The van der Waals surface area contributed by atoms with Crippen molar-refractivity contribution in [2.45, 2.75) is 45.1 Å². The molecule has 0 spiro atoms. The summed E-state index contributed by atoms with van der Waals surface area (Å²) in [6.45, 7) is 7.13. The third kappa shape index (κ3) is 3.16. The van der Waals surface area contributed by atoms with Gasteiger partial charge in [0.2, 0.25) is 0 Å². The van der Waals surface area contributed by atoms with Crippen molar-refractivity contribution in [3.63, 3.8) is 0 Å². The van der Waals surface area contributed by atoms with Crippen LogP contribution in [-0.2, 0) is 0 Å². The van der Waals surface area contributed by atoms with Gasteiger partial charge in [-0.1, -0.05) is 13.0 Å². The molecule has 1 aliphatic heterocycles. The summed E-state index contributed by atoms with van der Waals surface area (Å²) in [6, 6.07) is 0.645. The van der Waals surface area contributed by atoms with Gasteiger partial charge in [0.25, 0.3) is 0 Å². The monoisotopic (exact) mass is 208 g/mol. The van der Waals surface area contributed by atoms with Crippen molar-refractivity contribution in [3.05, 3.63) is 12.7 Å². The standard InChI is InChI=1S/C13H24N2/c1-4-6-7-8-12(14)11(5-2)13-9-10-15(13)3/h4,11,13-14H,1,5-10H2,2-3H3. The fraction of sp³-hybridized carbons (Fsp3) is 0.769. The average molecular weight is 208 g/mol. The fourth-order valence-corrected chi connectivity index (χ4v) is 2.42. The Kier molecular flexibility index (Phi) is 5.03. The summed E-state index contributed by atoms with van der Waals surface area (Å²) in [5, 5.41) is 8.12. The van der Waals surface area contributed by atoms with Crippen molar-refractivity contribution in [2.75, 3.05) is 13.6 Å². The maximum absolute atomic E-state index is 8.12. The summed E-state index contributed by atoms with van der Waals surface area (Å²) in [7, 11) is 2.17. The summed E-state index contributed by atoms with van der Waals surface area (Å²) in [4.78, 5) is 2.39. The van der Waals surface area contributed by atoms with E-state index in [0.29, 0.717) is 12.0 Å². The number of hydrogen-bond donors (Lipinski definition) is 1. The van der Waals surface area contributed by atoms with Crippen LogP contribution in [0.3, 0.4) is 0 Å². The molecule has 15 heavy (non-hydrogen) atoms. The van der Waals surface area contributed by atoms with Gasteiger partial charge in [0.15, 0.2) is 0 Å². The van der Waals surface area contributed by atoms with Gasteiger partial charge in [-0.3, -0.25) is 0 Å². The Hall–Kier alpha value is -0.630. The van der Waals surface area contributed by atoms with Crippen molar-refractivity contribution in [2.24, 2.45) is 5.92 Å². The van der Waals surface area contributed by atoms with Crippen molar-refractivity contribution in [3.8, 4) is 0 Å². The van der Waals surface area contributed by atoms with E-state index in [1.807, 2.05) is 6.08 Å². The van der Waals surface area contributed by atoms with Gasteiger partial charge in [0.1, 0.15) is 0 Å². The van der Waals surface area contributed by atoms with Crippen LogP contribution in [0.1, 0.15) is 39.0 Å². The van der Waals surface area contributed by atoms with Crippen LogP contribution >= 0.6 is 0 Å². The second-order valence-electron chi connectivity index (χ2n) is 4.56. The zero-order valence-corrected chi connectivity index (χ0v) is 10.1. The molecular weight excluding hydrogens is 184 g/mol. The molecule has 0 aromatic heterocycles. The zero-order chi connectivity index (χ0) is 11.3. The summed E-state index contributed by atoms with van der Waals surface area (Å²) >= 11 is 0. The van der Waals surface area contributed by atoms with Crippen molar-refractivity contribution in [1.82, 2.24) is 4.90 Å². The number of nitrogens with one attached hydrogen (secondary N) is 1. The Labute approximate surface area is 93.9 Å². The lowest BCUT2D eigenvalue weighted by Gasteiger charge is -2.43. The average Bonchev–Trinajstić information content (AvgIpc) is 2.23. The van der Waals surface area contributed by atoms with E-state index in [0.717, 1.165) is 31.4 Å². The second kappa shape index (κ2) is 6.06. The Balaban J connectivity index is 2.36. The van der Waals surface area contributed by atoms with Crippen LogP contribution < -0.4 is 0 Å². The Morgan fingerprint density at radius 2 is 2.40 bits per heavy atom. The molecule has 1 fully saturated rings. The predicted octanol–water partition coefficient (Wildman–Crippen LogP) is 3.09. The number of unbranched alkanes of at least 4 members (excludes halogenated alkanes) is 1. The lowest BCUT2D eigenvalue weighted by atomic mass is 9.83. The van der Waals surface area contributed by atoms with E-state index >= 15 is 0 Å². The lowest BCUT2D eigenvalue weighted by Crippen LogP contribution is -2.51. The first-order valence-corrected chi connectivity index (χ1v) is 6.09. The Morgan fingerprint density at radius 1 is 1.67 bits per heavy atom. The largest absolute Gasteiger partial charge is 0.309 e. The molecule has 0 bridgehead atoms. The number of rotatable bonds is 7. The van der Waals surface area contributed by atoms with Crippen molar-refractivity contribution >= 4 is 5.71 Å². The summed E-state index contributed by atoms with van der Waals surface area (Å²) in [5.74, 6) is 0.494. The first-order chi connectivity index (χ1) is 7.20. The second-order valence-corrected chi connectivity index (χ2v) is 4.56. The summed E-state index contributed by atoms with van der Waals surface area (Å²) in [5.41, 5.74) is 0.955. The molecule has 2 atom stereocenters. The maximum atomic E-state index is 8.12. The number of hydrogen-bond acceptors (Lipinski definition) is 2. The number of nitrogens with zero attached hydrogens (tertiary/aromatic N) is 1. The first kappa shape index (κ1) is 12.4. The van der Waals surface area contributed by atoms with Crippen LogP contribution in [0.15, 0.2) is 12.7 Å². The van der Waals surface area contributed by atoms with E-state index in [4.69, 9.17) is 5.41 Å². The summed E-state index contributed by atoms with van der Waals surface area (Å²) < 4.78 is 0. The first-order valence-electron chi connectivity index (χ1n) is 6.09. The molecule has 0 amide bonds. The molecule has 1 aliphatic rings. The van der Waals surface area contributed by atoms with Gasteiger partial charge in [-0.25, -0.2) is 0 Å². The lowest BCUT2D eigenvalue weighted by molar-refractivity contribution is 0.0945. The van der Waals surface area contributed by atoms with Crippen molar-refractivity contribution in [1.29, 1.82) is 5.41 Å². The highest BCUT2D eigenvalue weighted by Crippen LogP contribution is 2.27. The third-order valence-electron chi connectivity index (χ3n) is 3.55. The molecule has 1 rings (SSSR count). The SMILES string of the molecule is C=CCCCC(=N)C(CC)C1CCN1C. The third-order valence-corrected chi connectivity index (χ3v) is 3.55. The van der Waals surface area contributed by atoms with Gasteiger partial charge in [-0.05, 0) is 45.7 Å². The number of likely N-dealkylation sites (tertiary alicyclic amines) is 1. The van der Waals surface area contributed by atoms with Crippen LogP contribution in [-0.4, -0.2) is 30.2 Å². The topological polar surface area (TPSA) is 27.1 Å². The van der Waals surface area contributed by atoms with Gasteiger partial charge in [0, 0.05) is 17.7 Å². The van der Waals surface area contributed by atoms with Gasteiger partial charge < -0.3 is 10.3 Å². The molecule has 2 nitrogen and oxygen atoms in total. The molecule has 2 unspecified atom stereocenters. The minimum Gasteiger partial charge on any atom is -0.309 e. The minimum atomic E-state index is 0.494. The van der Waals surface area contributed by atoms with Crippen molar-refractivity contribution < 1.29 is 0 Å². The number of allylic oxidation sites excluding steroid dienone is 1. The van der Waals surface area contributed by atoms with Crippen LogP contribution in [0, 0.1) is 11.3 Å². The predicted molar refractivity (Wildman–Crippen MR) is 66.6 cm³/mol. The van der Waals surface area contributed by atoms with E-state index in [9.17, 15) is 0 Å². The molecular formula is C13H24N2. The molecule has 0 radical (unpaired) electrons. The summed E-state index contributed by atoms with van der Waals surface area (Å²) in [6.07, 6.45) is 7.42. The molecule has 0 saturated carbocycles. The van der Waals surface area contributed by atoms with Crippen LogP contribution in [0.5, 0.6) is 0 Å². The molecule has 86 valence electrons. The van der Waals surface area contributed by atoms with Gasteiger partial charge in [-0.2, -0.15) is 0 Å². The van der Waals surface area contributed by atoms with Crippen LogP contribution in [0.25, 0.3) is 0 Å². The molecule has 0 aromatic carbocycles. The highest BCUT2D eigenvalue weighted by atomic mass is 15.2. The zero-order valence-electron chi connectivity index (χ0n) is 10.1. The Morgan fingerprint density at radius 3 is 2.80 bits per heavy atom. The van der Waals surface area contributed by atoms with Gasteiger partial charge >= 0.3 is 0 Å². The van der Waals surface area contributed by atoms with E-state index in [1.165, 1.54) is 13.0 Å². The molecule has 2 heteroatoms.